The minimum atomic E-state index is -0.365. The van der Waals surface area contributed by atoms with Crippen LogP contribution < -0.4 is 0 Å². The normalized spacial score (nSPS) is 10.2. The van der Waals surface area contributed by atoms with Gasteiger partial charge < -0.3 is 0 Å². The third kappa shape index (κ3) is 2.29. The second-order valence-electron chi connectivity index (χ2n) is 3.11. The zero-order chi connectivity index (χ0) is 9.84. The van der Waals surface area contributed by atoms with Crippen molar-refractivity contribution >= 4 is 5.91 Å². The number of hydroxylamine groups is 2. The van der Waals surface area contributed by atoms with Crippen molar-refractivity contribution < 1.29 is 10.0 Å². The van der Waals surface area contributed by atoms with Gasteiger partial charge in [0.25, 0.3) is 5.91 Å². The Labute approximate surface area is 77.6 Å². The Morgan fingerprint density at radius 3 is 2.31 bits per heavy atom. The SMILES string of the molecule is CC(C)N(O)C(=O)c1ccccc1. The van der Waals surface area contributed by atoms with E-state index in [9.17, 15) is 10.0 Å². The van der Waals surface area contributed by atoms with E-state index in [1.165, 1.54) is 0 Å². The van der Waals surface area contributed by atoms with Gasteiger partial charge in [0.1, 0.15) is 0 Å². The molecular formula is C10H13NO2. The van der Waals surface area contributed by atoms with Crippen LogP contribution in [0.4, 0.5) is 0 Å². The number of hydrogen-bond donors (Lipinski definition) is 1. The molecule has 0 aromatic heterocycles. The second kappa shape index (κ2) is 4.05. The van der Waals surface area contributed by atoms with Crippen molar-refractivity contribution in [3.05, 3.63) is 35.9 Å². The maximum atomic E-state index is 11.5. The van der Waals surface area contributed by atoms with Crippen molar-refractivity contribution in [2.45, 2.75) is 19.9 Å². The van der Waals surface area contributed by atoms with Crippen LogP contribution in [0.15, 0.2) is 30.3 Å². The first-order valence-electron chi connectivity index (χ1n) is 4.20. The van der Waals surface area contributed by atoms with Gasteiger partial charge in [-0.25, -0.2) is 5.06 Å². The van der Waals surface area contributed by atoms with Gasteiger partial charge in [-0.15, -0.1) is 0 Å². The van der Waals surface area contributed by atoms with Crippen LogP contribution >= 0.6 is 0 Å². The molecule has 1 aromatic carbocycles. The van der Waals surface area contributed by atoms with E-state index in [0.717, 1.165) is 5.06 Å². The van der Waals surface area contributed by atoms with Crippen LogP contribution in [-0.4, -0.2) is 22.2 Å². The lowest BCUT2D eigenvalue weighted by molar-refractivity contribution is -0.0794. The molecule has 70 valence electrons. The summed E-state index contributed by atoms with van der Waals surface area (Å²) in [4.78, 5) is 11.5. The summed E-state index contributed by atoms with van der Waals surface area (Å²) in [6, 6.07) is 8.51. The Balaban J connectivity index is 2.80. The van der Waals surface area contributed by atoms with Gasteiger partial charge in [-0.1, -0.05) is 18.2 Å². The molecule has 1 rings (SSSR count). The van der Waals surface area contributed by atoms with Gasteiger partial charge in [-0.2, -0.15) is 0 Å². The van der Waals surface area contributed by atoms with Gasteiger partial charge >= 0.3 is 0 Å². The van der Waals surface area contributed by atoms with Crippen molar-refractivity contribution in [2.24, 2.45) is 0 Å². The van der Waals surface area contributed by atoms with E-state index in [1.807, 2.05) is 6.07 Å². The fraction of sp³-hybridized carbons (Fsp3) is 0.300. The Morgan fingerprint density at radius 2 is 1.85 bits per heavy atom. The standard InChI is InChI=1S/C10H13NO2/c1-8(2)11(13)10(12)9-6-4-3-5-7-9/h3-8,13H,1-2H3. The van der Waals surface area contributed by atoms with Gasteiger partial charge in [-0.05, 0) is 26.0 Å². The van der Waals surface area contributed by atoms with Gasteiger partial charge in [0.2, 0.25) is 0 Å². The van der Waals surface area contributed by atoms with Crippen LogP contribution in [0.5, 0.6) is 0 Å². The third-order valence-corrected chi connectivity index (χ3v) is 1.72. The third-order valence-electron chi connectivity index (χ3n) is 1.72. The zero-order valence-corrected chi connectivity index (χ0v) is 7.77. The van der Waals surface area contributed by atoms with Gasteiger partial charge in [0, 0.05) is 5.56 Å². The monoisotopic (exact) mass is 179 g/mol. The lowest BCUT2D eigenvalue weighted by atomic mass is 10.2. The highest BCUT2D eigenvalue weighted by Gasteiger charge is 2.15. The number of nitrogens with zero attached hydrogens (tertiary/aromatic N) is 1. The Kier molecular flexibility index (Phi) is 3.03. The molecule has 0 saturated carbocycles. The molecule has 1 amide bonds. The highest BCUT2D eigenvalue weighted by molar-refractivity contribution is 5.93. The van der Waals surface area contributed by atoms with E-state index in [2.05, 4.69) is 0 Å². The molecule has 0 radical (unpaired) electrons. The number of carbonyl (C=O) groups is 1. The fourth-order valence-electron chi connectivity index (χ4n) is 0.948. The Hall–Kier alpha value is -1.35. The summed E-state index contributed by atoms with van der Waals surface area (Å²) >= 11 is 0. The first-order valence-corrected chi connectivity index (χ1v) is 4.20. The molecule has 0 heterocycles. The van der Waals surface area contributed by atoms with E-state index in [1.54, 1.807) is 38.1 Å². The van der Waals surface area contributed by atoms with Crippen molar-refractivity contribution in [1.29, 1.82) is 0 Å². The molecule has 0 saturated heterocycles. The van der Waals surface area contributed by atoms with Gasteiger partial charge in [0.15, 0.2) is 0 Å². The van der Waals surface area contributed by atoms with E-state index in [4.69, 9.17) is 0 Å². The summed E-state index contributed by atoms with van der Waals surface area (Å²) in [5.41, 5.74) is 0.499. The van der Waals surface area contributed by atoms with Crippen LogP contribution in [0.2, 0.25) is 0 Å². The molecule has 0 unspecified atom stereocenters. The Morgan fingerprint density at radius 1 is 1.31 bits per heavy atom. The molecular weight excluding hydrogens is 166 g/mol. The number of amides is 1. The van der Waals surface area contributed by atoms with Crippen LogP contribution in [0.1, 0.15) is 24.2 Å². The lowest BCUT2D eigenvalue weighted by Gasteiger charge is -2.18. The van der Waals surface area contributed by atoms with E-state index in [0.29, 0.717) is 5.56 Å². The maximum Gasteiger partial charge on any atom is 0.277 e. The fourth-order valence-corrected chi connectivity index (χ4v) is 0.948. The number of rotatable bonds is 2. The van der Waals surface area contributed by atoms with Crippen LogP contribution in [-0.2, 0) is 0 Å². The highest BCUT2D eigenvalue weighted by atomic mass is 16.5. The molecule has 0 bridgehead atoms. The molecule has 0 atom stereocenters. The summed E-state index contributed by atoms with van der Waals surface area (Å²) in [7, 11) is 0. The predicted octanol–water partition coefficient (Wildman–Crippen LogP) is 1.93. The zero-order valence-electron chi connectivity index (χ0n) is 7.77. The van der Waals surface area contributed by atoms with Crippen molar-refractivity contribution in [3.8, 4) is 0 Å². The Bertz CT molecular complexity index is 282. The molecule has 0 spiro atoms. The van der Waals surface area contributed by atoms with Crippen LogP contribution in [0.3, 0.4) is 0 Å². The molecule has 3 nitrogen and oxygen atoms in total. The average molecular weight is 179 g/mol. The van der Waals surface area contributed by atoms with E-state index >= 15 is 0 Å². The predicted molar refractivity (Wildman–Crippen MR) is 49.5 cm³/mol. The van der Waals surface area contributed by atoms with Crippen molar-refractivity contribution in [3.63, 3.8) is 0 Å². The molecule has 0 aliphatic heterocycles. The van der Waals surface area contributed by atoms with Crippen molar-refractivity contribution in [2.75, 3.05) is 0 Å². The number of hydrogen-bond acceptors (Lipinski definition) is 2. The minimum Gasteiger partial charge on any atom is -0.285 e. The molecule has 1 aromatic rings. The summed E-state index contributed by atoms with van der Waals surface area (Å²) in [5, 5.41) is 10.1. The topological polar surface area (TPSA) is 40.5 Å². The lowest BCUT2D eigenvalue weighted by Crippen LogP contribution is -2.33. The van der Waals surface area contributed by atoms with E-state index in [-0.39, 0.29) is 11.9 Å². The van der Waals surface area contributed by atoms with Gasteiger partial charge in [0.05, 0.1) is 6.04 Å². The van der Waals surface area contributed by atoms with Crippen LogP contribution in [0, 0.1) is 0 Å². The summed E-state index contributed by atoms with van der Waals surface area (Å²) in [6.45, 7) is 3.50. The van der Waals surface area contributed by atoms with Crippen LogP contribution in [0.25, 0.3) is 0 Å². The highest BCUT2D eigenvalue weighted by Crippen LogP contribution is 2.05. The van der Waals surface area contributed by atoms with E-state index < -0.39 is 0 Å². The molecule has 0 aliphatic rings. The summed E-state index contributed by atoms with van der Waals surface area (Å²) in [6.07, 6.45) is 0. The number of carbonyl (C=O) groups excluding carboxylic acids is 1. The smallest absolute Gasteiger partial charge is 0.277 e. The molecule has 0 aliphatic carbocycles. The molecule has 1 N–H and O–H groups in total. The van der Waals surface area contributed by atoms with Gasteiger partial charge in [-0.3, -0.25) is 10.0 Å². The second-order valence-corrected chi connectivity index (χ2v) is 3.11. The first-order chi connectivity index (χ1) is 6.13. The van der Waals surface area contributed by atoms with Crippen molar-refractivity contribution in [1.82, 2.24) is 5.06 Å². The summed E-state index contributed by atoms with van der Waals surface area (Å²) in [5.74, 6) is -0.365. The molecule has 3 heteroatoms. The molecule has 13 heavy (non-hydrogen) atoms. The largest absolute Gasteiger partial charge is 0.285 e. The minimum absolute atomic E-state index is 0.201. The average Bonchev–Trinajstić information content (AvgIpc) is 2.17. The number of benzene rings is 1. The summed E-state index contributed by atoms with van der Waals surface area (Å²) < 4.78 is 0. The first kappa shape index (κ1) is 9.74. The quantitative estimate of drug-likeness (QED) is 0.556. The molecule has 0 fully saturated rings. The maximum absolute atomic E-state index is 11.5.